The number of carbonyl (C=O) groups excluding carboxylic acids is 2. The maximum atomic E-state index is 14.3. The van der Waals surface area contributed by atoms with Crippen molar-refractivity contribution < 1.29 is 18.4 Å². The Bertz CT molecular complexity index is 1080. The fourth-order valence-corrected chi connectivity index (χ4v) is 4.31. The first-order chi connectivity index (χ1) is 15.3. The summed E-state index contributed by atoms with van der Waals surface area (Å²) in [6, 6.07) is 9.96. The van der Waals surface area contributed by atoms with Gasteiger partial charge in [-0.1, -0.05) is 23.7 Å². The molecule has 2 aliphatic rings. The molecule has 1 atom stereocenters. The molecule has 0 saturated heterocycles. The molecule has 1 aliphatic heterocycles. The molecule has 2 aromatic carbocycles. The van der Waals surface area contributed by atoms with Crippen LogP contribution < -0.4 is 4.90 Å². The Morgan fingerprint density at radius 1 is 1.19 bits per heavy atom. The molecule has 7 heteroatoms. The number of amides is 2. The van der Waals surface area contributed by atoms with Crippen LogP contribution in [0.5, 0.6) is 0 Å². The molecule has 1 fully saturated rings. The molecule has 0 bridgehead atoms. The molecule has 2 aromatic rings. The van der Waals surface area contributed by atoms with Crippen molar-refractivity contribution in [3.05, 3.63) is 70.3 Å². The third-order valence-electron chi connectivity index (χ3n) is 6.21. The number of rotatable bonds is 6. The van der Waals surface area contributed by atoms with Gasteiger partial charge in [0.05, 0.1) is 10.6 Å². The third kappa shape index (κ3) is 4.56. The summed E-state index contributed by atoms with van der Waals surface area (Å²) in [6.45, 7) is 2.32. The van der Waals surface area contributed by atoms with E-state index < -0.39 is 11.6 Å². The molecule has 0 spiro atoms. The van der Waals surface area contributed by atoms with E-state index in [-0.39, 0.29) is 34.4 Å². The lowest BCUT2D eigenvalue weighted by Crippen LogP contribution is -2.41. The van der Waals surface area contributed by atoms with E-state index in [2.05, 4.69) is 0 Å². The van der Waals surface area contributed by atoms with Gasteiger partial charge >= 0.3 is 0 Å². The monoisotopic (exact) mass is 458 g/mol. The Balaban J connectivity index is 1.42. The number of benzene rings is 2. The Morgan fingerprint density at radius 2 is 1.88 bits per heavy atom. The first-order valence-corrected chi connectivity index (χ1v) is 11.2. The van der Waals surface area contributed by atoms with Gasteiger partial charge in [0.15, 0.2) is 5.82 Å². The molecule has 4 nitrogen and oxygen atoms in total. The summed E-state index contributed by atoms with van der Waals surface area (Å²) in [6.07, 6.45) is 4.22. The molecule has 168 valence electrons. The van der Waals surface area contributed by atoms with Crippen LogP contribution in [0, 0.1) is 17.6 Å². The molecule has 32 heavy (non-hydrogen) atoms. The van der Waals surface area contributed by atoms with Gasteiger partial charge < -0.3 is 9.80 Å². The van der Waals surface area contributed by atoms with Crippen LogP contribution in [-0.2, 0) is 16.0 Å². The minimum atomic E-state index is -0.836. The van der Waals surface area contributed by atoms with Crippen molar-refractivity contribution in [3.8, 4) is 0 Å². The van der Waals surface area contributed by atoms with E-state index >= 15 is 0 Å². The lowest BCUT2D eigenvalue weighted by atomic mass is 9.96. The molecular weight excluding hydrogens is 434 g/mol. The van der Waals surface area contributed by atoms with Crippen molar-refractivity contribution in [2.24, 2.45) is 5.92 Å². The summed E-state index contributed by atoms with van der Waals surface area (Å²) < 4.78 is 28.5. The zero-order chi connectivity index (χ0) is 23.0. The summed E-state index contributed by atoms with van der Waals surface area (Å²) in [5.41, 5.74) is 2.00. The maximum Gasteiger partial charge on any atom is 0.247 e. The largest absolute Gasteiger partial charge is 0.336 e. The van der Waals surface area contributed by atoms with Crippen LogP contribution in [0.15, 0.2) is 42.5 Å². The van der Waals surface area contributed by atoms with Crippen LogP contribution >= 0.6 is 11.6 Å². The summed E-state index contributed by atoms with van der Waals surface area (Å²) in [5, 5.41) is -0.168. The SMILES string of the molecule is CC(Cc1ccc(N(C)C(=O)C2CC2)cc1)N1CCC(c2c(F)ccc(Cl)c2F)=CC1=O. The summed E-state index contributed by atoms with van der Waals surface area (Å²) >= 11 is 5.79. The van der Waals surface area contributed by atoms with E-state index in [0.717, 1.165) is 30.2 Å². The van der Waals surface area contributed by atoms with E-state index in [0.29, 0.717) is 25.0 Å². The van der Waals surface area contributed by atoms with Gasteiger partial charge in [-0.3, -0.25) is 9.59 Å². The van der Waals surface area contributed by atoms with Gasteiger partial charge in [0.25, 0.3) is 0 Å². The lowest BCUT2D eigenvalue weighted by Gasteiger charge is -2.32. The molecule has 1 unspecified atom stereocenters. The second-order valence-electron chi connectivity index (χ2n) is 8.56. The Hall–Kier alpha value is -2.73. The predicted molar refractivity (Wildman–Crippen MR) is 121 cm³/mol. The van der Waals surface area contributed by atoms with Gasteiger partial charge in [-0.15, -0.1) is 0 Å². The fourth-order valence-electron chi connectivity index (χ4n) is 4.15. The smallest absolute Gasteiger partial charge is 0.247 e. The van der Waals surface area contributed by atoms with Gasteiger partial charge in [0.1, 0.15) is 5.82 Å². The van der Waals surface area contributed by atoms with E-state index in [4.69, 9.17) is 11.6 Å². The second-order valence-corrected chi connectivity index (χ2v) is 8.97. The first-order valence-electron chi connectivity index (χ1n) is 10.8. The molecule has 1 heterocycles. The number of halogens is 3. The van der Waals surface area contributed by atoms with Crippen LogP contribution in [0.1, 0.15) is 37.3 Å². The highest BCUT2D eigenvalue weighted by Gasteiger charge is 2.32. The van der Waals surface area contributed by atoms with Crippen molar-refractivity contribution >= 4 is 34.7 Å². The topological polar surface area (TPSA) is 40.6 Å². The van der Waals surface area contributed by atoms with Gasteiger partial charge in [-0.05, 0) is 68.0 Å². The van der Waals surface area contributed by atoms with Gasteiger partial charge in [-0.2, -0.15) is 0 Å². The van der Waals surface area contributed by atoms with Crippen molar-refractivity contribution in [2.75, 3.05) is 18.5 Å². The molecule has 0 N–H and O–H groups in total. The normalized spacial score (nSPS) is 17.2. The standard InChI is InChI=1S/C25H25ClF2N2O2/c1-15(13-16-3-7-19(8-4-16)29(2)25(32)17-5-6-17)30-12-11-18(14-22(30)31)23-21(27)10-9-20(26)24(23)28/h3-4,7-10,14-15,17H,5-6,11-13H2,1-2H3. The maximum absolute atomic E-state index is 14.3. The molecule has 0 radical (unpaired) electrons. The van der Waals surface area contributed by atoms with Crippen LogP contribution in [0.3, 0.4) is 0 Å². The highest BCUT2D eigenvalue weighted by atomic mass is 35.5. The molecule has 1 saturated carbocycles. The van der Waals surface area contributed by atoms with Crippen LogP contribution in [0.4, 0.5) is 14.5 Å². The summed E-state index contributed by atoms with van der Waals surface area (Å²) in [7, 11) is 1.79. The summed E-state index contributed by atoms with van der Waals surface area (Å²) in [5.74, 6) is -1.52. The van der Waals surface area contributed by atoms with Gasteiger partial charge in [0.2, 0.25) is 11.8 Å². The van der Waals surface area contributed by atoms with E-state index in [1.807, 2.05) is 31.2 Å². The zero-order valence-electron chi connectivity index (χ0n) is 18.1. The first kappa shape index (κ1) is 22.5. The highest BCUT2D eigenvalue weighted by molar-refractivity contribution is 6.31. The predicted octanol–water partition coefficient (Wildman–Crippen LogP) is 5.24. The quantitative estimate of drug-likeness (QED) is 0.555. The van der Waals surface area contributed by atoms with Crippen LogP contribution in [0.2, 0.25) is 5.02 Å². The molecule has 1 aliphatic carbocycles. The number of anilines is 1. The lowest BCUT2D eigenvalue weighted by molar-refractivity contribution is -0.128. The summed E-state index contributed by atoms with van der Waals surface area (Å²) in [4.78, 5) is 28.4. The van der Waals surface area contributed by atoms with E-state index in [9.17, 15) is 18.4 Å². The van der Waals surface area contributed by atoms with Crippen LogP contribution in [-0.4, -0.2) is 36.3 Å². The van der Waals surface area contributed by atoms with Crippen molar-refractivity contribution in [3.63, 3.8) is 0 Å². The molecule has 2 amide bonds. The van der Waals surface area contributed by atoms with Crippen molar-refractivity contribution in [1.82, 2.24) is 4.90 Å². The van der Waals surface area contributed by atoms with E-state index in [1.54, 1.807) is 16.8 Å². The number of carbonyl (C=O) groups is 2. The molecule has 4 rings (SSSR count). The Kier molecular flexibility index (Phi) is 6.33. The van der Waals surface area contributed by atoms with Gasteiger partial charge in [0, 0.05) is 37.3 Å². The Labute approximate surface area is 191 Å². The Morgan fingerprint density at radius 3 is 2.50 bits per heavy atom. The van der Waals surface area contributed by atoms with Gasteiger partial charge in [-0.25, -0.2) is 8.78 Å². The zero-order valence-corrected chi connectivity index (χ0v) is 18.8. The van der Waals surface area contributed by atoms with Crippen molar-refractivity contribution in [2.45, 2.75) is 38.6 Å². The van der Waals surface area contributed by atoms with E-state index in [1.165, 1.54) is 12.1 Å². The number of hydrogen-bond donors (Lipinski definition) is 0. The average Bonchev–Trinajstić information content (AvgIpc) is 3.61. The molecule has 0 aromatic heterocycles. The molecular formula is C25H25ClF2N2O2. The average molecular weight is 459 g/mol. The minimum Gasteiger partial charge on any atom is -0.336 e. The van der Waals surface area contributed by atoms with Crippen molar-refractivity contribution in [1.29, 1.82) is 0 Å². The minimum absolute atomic E-state index is 0.0916. The highest BCUT2D eigenvalue weighted by Crippen LogP contribution is 2.33. The fraction of sp³-hybridized carbons (Fsp3) is 0.360. The number of nitrogens with zero attached hydrogens (tertiary/aromatic N) is 2. The third-order valence-corrected chi connectivity index (χ3v) is 6.50. The number of hydrogen-bond acceptors (Lipinski definition) is 2. The van der Waals surface area contributed by atoms with Crippen LogP contribution in [0.25, 0.3) is 5.57 Å². The second kappa shape index (κ2) is 9.02.